The second-order valence-electron chi connectivity index (χ2n) is 4.12. The van der Waals surface area contributed by atoms with Crippen LogP contribution in [0.1, 0.15) is 31.9 Å². The molecule has 0 spiro atoms. The fourth-order valence-electron chi connectivity index (χ4n) is 1.42. The van der Waals surface area contributed by atoms with E-state index in [-0.39, 0.29) is 0 Å². The Morgan fingerprint density at radius 1 is 1.50 bits per heavy atom. The van der Waals surface area contributed by atoms with Crippen molar-refractivity contribution in [3.8, 4) is 5.82 Å². The molecule has 0 aromatic carbocycles. The van der Waals surface area contributed by atoms with Gasteiger partial charge in [-0.25, -0.2) is 4.98 Å². The summed E-state index contributed by atoms with van der Waals surface area (Å²) >= 11 is 0. The van der Waals surface area contributed by atoms with Crippen LogP contribution in [0.3, 0.4) is 0 Å². The Bertz CT molecular complexity index is 460. The van der Waals surface area contributed by atoms with Gasteiger partial charge in [0.15, 0.2) is 11.6 Å². The van der Waals surface area contributed by atoms with E-state index in [9.17, 15) is 0 Å². The predicted molar refractivity (Wildman–Crippen MR) is 59.3 cm³/mol. The topological polar surface area (TPSA) is 56.7 Å². The zero-order chi connectivity index (χ0) is 11.5. The van der Waals surface area contributed by atoms with Crippen LogP contribution in [0.25, 0.3) is 5.82 Å². The van der Waals surface area contributed by atoms with Gasteiger partial charge in [-0.2, -0.15) is 4.68 Å². The van der Waals surface area contributed by atoms with E-state index in [4.69, 9.17) is 4.52 Å². The van der Waals surface area contributed by atoms with Crippen LogP contribution in [0.4, 0.5) is 0 Å². The van der Waals surface area contributed by atoms with Gasteiger partial charge in [0, 0.05) is 12.5 Å². The molecule has 0 aliphatic rings. The first-order chi connectivity index (χ1) is 7.69. The zero-order valence-electron chi connectivity index (χ0n) is 9.84. The highest BCUT2D eigenvalue weighted by molar-refractivity contribution is 5.19. The Labute approximate surface area is 94.5 Å². The summed E-state index contributed by atoms with van der Waals surface area (Å²) in [6.07, 6.45) is 3.72. The monoisotopic (exact) mass is 220 g/mol. The lowest BCUT2D eigenvalue weighted by Crippen LogP contribution is -2.01. The fraction of sp³-hybridized carbons (Fsp3) is 0.545. The number of nitrogens with zero attached hydrogens (tertiary/aromatic N) is 4. The summed E-state index contributed by atoms with van der Waals surface area (Å²) in [5, 5.41) is 8.25. The maximum atomic E-state index is 4.99. The van der Waals surface area contributed by atoms with Crippen molar-refractivity contribution >= 4 is 0 Å². The second kappa shape index (κ2) is 4.47. The van der Waals surface area contributed by atoms with Crippen LogP contribution >= 0.6 is 0 Å². The first-order valence-corrected chi connectivity index (χ1v) is 5.53. The second-order valence-corrected chi connectivity index (χ2v) is 4.12. The van der Waals surface area contributed by atoms with E-state index in [1.165, 1.54) is 0 Å². The van der Waals surface area contributed by atoms with E-state index in [1.54, 1.807) is 11.0 Å². The smallest absolute Gasteiger partial charge is 0.198 e. The van der Waals surface area contributed by atoms with E-state index in [0.29, 0.717) is 11.7 Å². The highest BCUT2D eigenvalue weighted by Gasteiger charge is 2.09. The van der Waals surface area contributed by atoms with Crippen LogP contribution in [0, 0.1) is 12.8 Å². The zero-order valence-corrected chi connectivity index (χ0v) is 9.84. The average molecular weight is 220 g/mol. The molecule has 0 aliphatic heterocycles. The maximum Gasteiger partial charge on any atom is 0.198 e. The minimum absolute atomic E-state index is 0.606. The van der Waals surface area contributed by atoms with Crippen LogP contribution in [-0.2, 0) is 6.42 Å². The normalized spacial score (nSPS) is 12.9. The molecule has 1 unspecified atom stereocenters. The van der Waals surface area contributed by atoms with Gasteiger partial charge in [0.05, 0.1) is 0 Å². The summed E-state index contributed by atoms with van der Waals surface area (Å²) in [5.74, 6) is 2.92. The van der Waals surface area contributed by atoms with Crippen molar-refractivity contribution in [3.05, 3.63) is 24.0 Å². The average Bonchev–Trinajstić information content (AvgIpc) is 2.87. The van der Waals surface area contributed by atoms with Gasteiger partial charge in [-0.05, 0) is 12.8 Å². The molecule has 86 valence electrons. The Morgan fingerprint density at radius 2 is 2.31 bits per heavy atom. The van der Waals surface area contributed by atoms with Gasteiger partial charge in [-0.1, -0.05) is 25.4 Å². The van der Waals surface area contributed by atoms with Crippen LogP contribution in [0.5, 0.6) is 0 Å². The molecule has 0 amide bonds. The van der Waals surface area contributed by atoms with Crippen molar-refractivity contribution < 1.29 is 4.52 Å². The van der Waals surface area contributed by atoms with Crippen LogP contribution in [0.2, 0.25) is 0 Å². The Balaban J connectivity index is 2.13. The van der Waals surface area contributed by atoms with E-state index in [1.807, 2.05) is 13.0 Å². The third-order valence-corrected chi connectivity index (χ3v) is 2.62. The molecule has 0 bridgehead atoms. The van der Waals surface area contributed by atoms with Crippen molar-refractivity contribution in [1.82, 2.24) is 19.9 Å². The molecule has 2 aromatic rings. The summed E-state index contributed by atoms with van der Waals surface area (Å²) in [6.45, 7) is 6.22. The van der Waals surface area contributed by atoms with E-state index >= 15 is 0 Å². The largest absolute Gasteiger partial charge is 0.359 e. The molecule has 0 saturated heterocycles. The van der Waals surface area contributed by atoms with Crippen molar-refractivity contribution in [3.63, 3.8) is 0 Å². The third kappa shape index (κ3) is 2.29. The highest BCUT2D eigenvalue weighted by atomic mass is 16.5. The number of hydrogen-bond acceptors (Lipinski definition) is 4. The van der Waals surface area contributed by atoms with E-state index in [0.717, 1.165) is 24.4 Å². The van der Waals surface area contributed by atoms with Crippen molar-refractivity contribution in [2.75, 3.05) is 0 Å². The maximum absolute atomic E-state index is 4.99. The minimum Gasteiger partial charge on any atom is -0.359 e. The van der Waals surface area contributed by atoms with Gasteiger partial charge in [-0.3, -0.25) is 0 Å². The SMILES string of the molecule is CCC(C)Cc1ncn(-c2cc(C)on2)n1. The van der Waals surface area contributed by atoms with Gasteiger partial charge >= 0.3 is 0 Å². The van der Waals surface area contributed by atoms with Crippen LogP contribution < -0.4 is 0 Å². The van der Waals surface area contributed by atoms with Gasteiger partial charge < -0.3 is 4.52 Å². The van der Waals surface area contributed by atoms with Crippen LogP contribution in [-0.4, -0.2) is 19.9 Å². The van der Waals surface area contributed by atoms with E-state index < -0.39 is 0 Å². The third-order valence-electron chi connectivity index (χ3n) is 2.62. The summed E-state index contributed by atoms with van der Waals surface area (Å²) in [7, 11) is 0. The van der Waals surface area contributed by atoms with Gasteiger partial charge in [0.2, 0.25) is 0 Å². The molecule has 0 saturated carbocycles. The molecule has 0 aliphatic carbocycles. The van der Waals surface area contributed by atoms with Gasteiger partial charge in [0.1, 0.15) is 12.1 Å². The minimum atomic E-state index is 0.606. The first kappa shape index (κ1) is 10.9. The predicted octanol–water partition coefficient (Wildman–Crippen LogP) is 2.15. The molecular formula is C11H16N4O. The lowest BCUT2D eigenvalue weighted by molar-refractivity contribution is 0.393. The standard InChI is InChI=1S/C11H16N4O/c1-4-8(2)5-10-12-7-15(13-10)11-6-9(3)16-14-11/h6-8H,4-5H2,1-3H3. The van der Waals surface area contributed by atoms with Crippen molar-refractivity contribution in [2.45, 2.75) is 33.6 Å². The van der Waals surface area contributed by atoms with Crippen LogP contribution in [0.15, 0.2) is 16.9 Å². The molecule has 1 atom stereocenters. The lowest BCUT2D eigenvalue weighted by Gasteiger charge is -2.02. The van der Waals surface area contributed by atoms with Gasteiger partial charge in [-0.15, -0.1) is 5.10 Å². The highest BCUT2D eigenvalue weighted by Crippen LogP contribution is 2.10. The summed E-state index contributed by atoms with van der Waals surface area (Å²) in [5.41, 5.74) is 0. The molecule has 0 N–H and O–H groups in total. The Morgan fingerprint density at radius 3 is 2.94 bits per heavy atom. The van der Waals surface area contributed by atoms with Crippen molar-refractivity contribution in [2.24, 2.45) is 5.92 Å². The lowest BCUT2D eigenvalue weighted by atomic mass is 10.1. The number of hydrogen-bond donors (Lipinski definition) is 0. The number of aryl methyl sites for hydroxylation is 1. The fourth-order valence-corrected chi connectivity index (χ4v) is 1.42. The summed E-state index contributed by atoms with van der Waals surface area (Å²) in [6, 6.07) is 1.84. The molecule has 16 heavy (non-hydrogen) atoms. The Hall–Kier alpha value is -1.65. The van der Waals surface area contributed by atoms with Crippen molar-refractivity contribution in [1.29, 1.82) is 0 Å². The Kier molecular flexibility index (Phi) is 3.03. The van der Waals surface area contributed by atoms with Gasteiger partial charge in [0.25, 0.3) is 0 Å². The molecule has 2 heterocycles. The first-order valence-electron chi connectivity index (χ1n) is 5.53. The quantitative estimate of drug-likeness (QED) is 0.792. The molecule has 5 nitrogen and oxygen atoms in total. The number of aromatic nitrogens is 4. The number of rotatable bonds is 4. The molecule has 5 heteroatoms. The molecular weight excluding hydrogens is 204 g/mol. The van der Waals surface area contributed by atoms with E-state index in [2.05, 4.69) is 29.1 Å². The summed E-state index contributed by atoms with van der Waals surface area (Å²) < 4.78 is 6.64. The molecule has 2 aromatic heterocycles. The molecule has 2 rings (SSSR count). The summed E-state index contributed by atoms with van der Waals surface area (Å²) in [4.78, 5) is 4.26. The molecule has 0 fully saturated rings. The molecule has 0 radical (unpaired) electrons.